The Balaban J connectivity index is 1.55. The van der Waals surface area contributed by atoms with Gasteiger partial charge in [0.25, 0.3) is 0 Å². The Morgan fingerprint density at radius 1 is 1.12 bits per heavy atom. The van der Waals surface area contributed by atoms with E-state index >= 15 is 0 Å². The SMILES string of the molecule is CCC1c2nnc(C)n2-c2cnc(-n3ccnc3-c3ccccc3F)nc2N1C1=CC=C1. The van der Waals surface area contributed by atoms with Crippen molar-refractivity contribution < 1.29 is 4.39 Å². The van der Waals surface area contributed by atoms with Crippen LogP contribution in [-0.4, -0.2) is 34.3 Å². The first kappa shape index (κ1) is 18.6. The molecule has 0 spiro atoms. The lowest BCUT2D eigenvalue weighted by molar-refractivity contribution is 0.572. The molecule has 1 atom stereocenters. The Morgan fingerprint density at radius 2 is 1.97 bits per heavy atom. The summed E-state index contributed by atoms with van der Waals surface area (Å²) in [6.07, 6.45) is 12.1. The summed E-state index contributed by atoms with van der Waals surface area (Å²) in [6.45, 7) is 4.04. The standard InChI is InChI=1S/C23H19FN8/c1-3-18-22-29-28-14(2)31(22)19-13-26-23(27-21(19)32(18)15-7-6-8-15)30-12-11-25-20(30)16-9-4-5-10-17(16)24/h4-13,18H,3H2,1-2H3. The van der Waals surface area contributed by atoms with Crippen LogP contribution in [0, 0.1) is 12.7 Å². The third kappa shape index (κ3) is 2.57. The molecule has 32 heavy (non-hydrogen) atoms. The van der Waals surface area contributed by atoms with Crippen molar-refractivity contribution in [1.82, 2.24) is 34.3 Å². The van der Waals surface area contributed by atoms with E-state index in [0.717, 1.165) is 35.3 Å². The van der Waals surface area contributed by atoms with E-state index in [1.807, 2.05) is 17.6 Å². The average molecular weight is 426 g/mol. The van der Waals surface area contributed by atoms with Crippen molar-refractivity contribution in [2.75, 3.05) is 4.90 Å². The summed E-state index contributed by atoms with van der Waals surface area (Å²) >= 11 is 0. The smallest absolute Gasteiger partial charge is 0.237 e. The van der Waals surface area contributed by atoms with Gasteiger partial charge in [0.1, 0.15) is 23.2 Å². The summed E-state index contributed by atoms with van der Waals surface area (Å²) in [7, 11) is 0. The first-order valence-corrected chi connectivity index (χ1v) is 10.4. The minimum Gasteiger partial charge on any atom is -0.314 e. The second-order valence-corrected chi connectivity index (χ2v) is 7.67. The van der Waals surface area contributed by atoms with Crippen molar-refractivity contribution in [3.8, 4) is 23.0 Å². The number of rotatable bonds is 4. The number of fused-ring (bicyclic) bond motifs is 3. The molecule has 0 saturated heterocycles. The van der Waals surface area contributed by atoms with E-state index < -0.39 is 0 Å². The lowest BCUT2D eigenvalue weighted by atomic mass is 10.0. The summed E-state index contributed by atoms with van der Waals surface area (Å²) < 4.78 is 18.2. The Kier molecular flexibility index (Phi) is 4.04. The highest BCUT2D eigenvalue weighted by Gasteiger charge is 2.37. The van der Waals surface area contributed by atoms with Gasteiger partial charge in [-0.1, -0.05) is 25.1 Å². The fraction of sp³-hybridized carbons (Fsp3) is 0.174. The van der Waals surface area contributed by atoms with Crippen LogP contribution in [0.25, 0.3) is 23.0 Å². The Labute approximate surface area is 183 Å². The third-order valence-corrected chi connectivity index (χ3v) is 5.84. The number of allylic oxidation sites excluding steroid dienone is 3. The fourth-order valence-electron chi connectivity index (χ4n) is 4.28. The van der Waals surface area contributed by atoms with Crippen LogP contribution in [-0.2, 0) is 0 Å². The number of benzene rings is 1. The minimum absolute atomic E-state index is 0.0172. The predicted octanol–water partition coefficient (Wildman–Crippen LogP) is 4.08. The van der Waals surface area contributed by atoms with Gasteiger partial charge in [-0.3, -0.25) is 9.13 Å². The largest absolute Gasteiger partial charge is 0.314 e. The summed E-state index contributed by atoms with van der Waals surface area (Å²) in [5, 5.41) is 8.75. The normalized spacial score (nSPS) is 16.4. The maximum absolute atomic E-state index is 14.5. The third-order valence-electron chi connectivity index (χ3n) is 5.84. The molecular formula is C23H19FN8. The first-order valence-electron chi connectivity index (χ1n) is 10.4. The van der Waals surface area contributed by atoms with Gasteiger partial charge in [0.05, 0.1) is 17.8 Å². The topological polar surface area (TPSA) is 77.5 Å². The molecule has 3 aromatic heterocycles. The van der Waals surface area contributed by atoms with Crippen molar-refractivity contribution in [1.29, 1.82) is 0 Å². The molecule has 1 aliphatic heterocycles. The molecule has 0 saturated carbocycles. The molecule has 0 amide bonds. The molecule has 4 aromatic rings. The summed E-state index contributed by atoms with van der Waals surface area (Å²) in [5.41, 5.74) is 2.25. The van der Waals surface area contributed by atoms with Gasteiger partial charge in [0, 0.05) is 18.1 Å². The van der Waals surface area contributed by atoms with E-state index in [2.05, 4.69) is 44.1 Å². The van der Waals surface area contributed by atoms with Crippen LogP contribution in [0.4, 0.5) is 10.2 Å². The first-order chi connectivity index (χ1) is 15.7. The highest BCUT2D eigenvalue weighted by atomic mass is 19.1. The van der Waals surface area contributed by atoms with E-state index in [9.17, 15) is 4.39 Å². The van der Waals surface area contributed by atoms with Crippen LogP contribution in [0.3, 0.4) is 0 Å². The molecule has 1 unspecified atom stereocenters. The Morgan fingerprint density at radius 3 is 2.72 bits per heavy atom. The number of nitrogens with zero attached hydrogens (tertiary/aromatic N) is 8. The van der Waals surface area contributed by atoms with Crippen molar-refractivity contribution >= 4 is 5.82 Å². The molecule has 2 aliphatic rings. The zero-order valence-electron chi connectivity index (χ0n) is 17.5. The zero-order valence-corrected chi connectivity index (χ0v) is 17.5. The van der Waals surface area contributed by atoms with Gasteiger partial charge in [-0.2, -0.15) is 4.98 Å². The molecule has 0 N–H and O–H groups in total. The van der Waals surface area contributed by atoms with Crippen molar-refractivity contribution in [3.05, 3.63) is 84.2 Å². The van der Waals surface area contributed by atoms with Crippen LogP contribution >= 0.6 is 0 Å². The van der Waals surface area contributed by atoms with Crippen LogP contribution in [0.5, 0.6) is 0 Å². The van der Waals surface area contributed by atoms with E-state index in [4.69, 9.17) is 4.98 Å². The molecule has 0 radical (unpaired) electrons. The highest BCUT2D eigenvalue weighted by Crippen LogP contribution is 2.42. The van der Waals surface area contributed by atoms with Gasteiger partial charge < -0.3 is 4.90 Å². The molecule has 9 heteroatoms. The zero-order chi connectivity index (χ0) is 21.8. The van der Waals surface area contributed by atoms with Crippen molar-refractivity contribution in [3.63, 3.8) is 0 Å². The number of halogens is 1. The molecule has 0 bridgehead atoms. The lowest BCUT2D eigenvalue weighted by Crippen LogP contribution is -2.36. The van der Waals surface area contributed by atoms with Gasteiger partial charge in [-0.05, 0) is 37.6 Å². The summed E-state index contributed by atoms with van der Waals surface area (Å²) in [5.74, 6) is 2.91. The average Bonchev–Trinajstić information content (AvgIpc) is 3.40. The Hall–Kier alpha value is -4.14. The maximum Gasteiger partial charge on any atom is 0.237 e. The van der Waals surface area contributed by atoms with E-state index in [-0.39, 0.29) is 11.9 Å². The maximum atomic E-state index is 14.5. The minimum atomic E-state index is -0.347. The number of anilines is 1. The van der Waals surface area contributed by atoms with Crippen LogP contribution in [0.15, 0.2) is 66.8 Å². The number of imidazole rings is 1. The number of aromatic nitrogens is 7. The van der Waals surface area contributed by atoms with Gasteiger partial charge >= 0.3 is 0 Å². The molecule has 1 aromatic carbocycles. The molecule has 8 nitrogen and oxygen atoms in total. The number of hydrogen-bond acceptors (Lipinski definition) is 6. The summed E-state index contributed by atoms with van der Waals surface area (Å²) in [6, 6.07) is 6.54. The van der Waals surface area contributed by atoms with Gasteiger partial charge in [0.15, 0.2) is 11.6 Å². The van der Waals surface area contributed by atoms with Gasteiger partial charge in [-0.15, -0.1) is 10.2 Å². The van der Waals surface area contributed by atoms with Crippen LogP contribution < -0.4 is 4.90 Å². The quantitative estimate of drug-likeness (QED) is 0.489. The number of hydrogen-bond donors (Lipinski definition) is 0. The second kappa shape index (κ2) is 6.94. The lowest BCUT2D eigenvalue weighted by Gasteiger charge is -2.38. The van der Waals surface area contributed by atoms with E-state index in [0.29, 0.717) is 17.3 Å². The molecule has 0 fully saturated rings. The molecular weight excluding hydrogens is 407 g/mol. The molecule has 1 aliphatic carbocycles. The Bertz CT molecular complexity index is 1410. The van der Waals surface area contributed by atoms with Gasteiger partial charge in [-0.25, -0.2) is 14.4 Å². The predicted molar refractivity (Wildman–Crippen MR) is 117 cm³/mol. The second-order valence-electron chi connectivity index (χ2n) is 7.67. The number of aryl methyl sites for hydroxylation is 1. The molecule has 6 rings (SSSR count). The van der Waals surface area contributed by atoms with E-state index in [1.54, 1.807) is 41.4 Å². The molecule has 4 heterocycles. The fourth-order valence-corrected chi connectivity index (χ4v) is 4.28. The highest BCUT2D eigenvalue weighted by molar-refractivity contribution is 5.69. The molecule has 158 valence electrons. The van der Waals surface area contributed by atoms with Crippen molar-refractivity contribution in [2.45, 2.75) is 26.3 Å². The van der Waals surface area contributed by atoms with Gasteiger partial charge in [0.2, 0.25) is 5.95 Å². The van der Waals surface area contributed by atoms with Crippen LogP contribution in [0.1, 0.15) is 31.0 Å². The van der Waals surface area contributed by atoms with E-state index in [1.165, 1.54) is 6.07 Å². The van der Waals surface area contributed by atoms with Crippen LogP contribution in [0.2, 0.25) is 0 Å². The summed E-state index contributed by atoms with van der Waals surface area (Å²) in [4.78, 5) is 16.1. The van der Waals surface area contributed by atoms with Crippen molar-refractivity contribution in [2.24, 2.45) is 0 Å². The monoisotopic (exact) mass is 426 g/mol.